The molecule has 2 amide bonds. The lowest BCUT2D eigenvalue weighted by Crippen LogP contribution is -2.48. The zero-order valence-electron chi connectivity index (χ0n) is 17.3. The molecule has 0 saturated carbocycles. The molecule has 0 fully saturated rings. The predicted octanol–water partition coefficient (Wildman–Crippen LogP) is 5.14. The first-order valence-corrected chi connectivity index (χ1v) is 9.87. The Morgan fingerprint density at radius 1 is 0.706 bits per heavy atom. The predicted molar refractivity (Wildman–Crippen MR) is 112 cm³/mol. The Hall–Kier alpha value is -3.82. The largest absolute Gasteiger partial charge is 0.416 e. The summed E-state index contributed by atoms with van der Waals surface area (Å²) in [6.07, 6.45) is -10.3. The van der Waals surface area contributed by atoms with Crippen LogP contribution in [0.5, 0.6) is 0 Å². The smallest absolute Gasteiger partial charge is 0.368 e. The van der Waals surface area contributed by atoms with Crippen LogP contribution >= 0.6 is 0 Å². The van der Waals surface area contributed by atoms with Crippen molar-refractivity contribution in [3.05, 3.63) is 107 Å². The molecule has 0 bridgehead atoms. The summed E-state index contributed by atoms with van der Waals surface area (Å²) in [7, 11) is 0. The van der Waals surface area contributed by atoms with Crippen LogP contribution in [0.25, 0.3) is 0 Å². The van der Waals surface area contributed by atoms with Crippen molar-refractivity contribution in [2.24, 2.45) is 5.73 Å². The first-order valence-electron chi connectivity index (χ1n) is 9.87. The maximum absolute atomic E-state index is 13.2. The van der Waals surface area contributed by atoms with Crippen LogP contribution in [0.2, 0.25) is 0 Å². The van der Waals surface area contributed by atoms with Gasteiger partial charge in [-0.3, -0.25) is 9.59 Å². The van der Waals surface area contributed by atoms with Crippen molar-refractivity contribution in [3.63, 3.8) is 0 Å². The first-order chi connectivity index (χ1) is 15.9. The van der Waals surface area contributed by atoms with Gasteiger partial charge in [0.15, 0.2) is 0 Å². The van der Waals surface area contributed by atoms with E-state index in [9.17, 15) is 35.9 Å². The zero-order valence-corrected chi connectivity index (χ0v) is 17.3. The summed E-state index contributed by atoms with van der Waals surface area (Å²) >= 11 is 0. The van der Waals surface area contributed by atoms with E-state index in [2.05, 4.69) is 5.32 Å². The van der Waals surface area contributed by atoms with Crippen molar-refractivity contribution < 1.29 is 35.9 Å². The highest BCUT2D eigenvalue weighted by molar-refractivity contribution is 5.98. The molecule has 1 atom stereocenters. The van der Waals surface area contributed by atoms with Gasteiger partial charge in [0, 0.05) is 11.5 Å². The van der Waals surface area contributed by atoms with E-state index < -0.39 is 52.8 Å². The van der Waals surface area contributed by atoms with E-state index in [1.165, 1.54) is 0 Å². The van der Waals surface area contributed by atoms with Gasteiger partial charge < -0.3 is 11.1 Å². The average Bonchev–Trinajstić information content (AvgIpc) is 2.78. The number of nitrogens with one attached hydrogen (secondary N) is 1. The van der Waals surface area contributed by atoms with E-state index in [1.807, 2.05) is 0 Å². The van der Waals surface area contributed by atoms with Crippen LogP contribution in [0.1, 0.15) is 38.5 Å². The molecule has 3 N–H and O–H groups in total. The maximum Gasteiger partial charge on any atom is 0.416 e. The van der Waals surface area contributed by atoms with Crippen LogP contribution in [-0.4, -0.2) is 17.9 Å². The van der Waals surface area contributed by atoms with Gasteiger partial charge in [-0.15, -0.1) is 0 Å². The zero-order chi connectivity index (χ0) is 25.1. The summed E-state index contributed by atoms with van der Waals surface area (Å²) in [6, 6.07) is 15.8. The quantitative estimate of drug-likeness (QED) is 0.480. The number of hydrogen-bond acceptors (Lipinski definition) is 2. The van der Waals surface area contributed by atoms with E-state index in [0.29, 0.717) is 23.3 Å². The molecule has 0 aliphatic rings. The molecule has 10 heteroatoms. The number of carbonyl (C=O) groups is 2. The van der Waals surface area contributed by atoms with Gasteiger partial charge in [0.1, 0.15) is 6.04 Å². The summed E-state index contributed by atoms with van der Waals surface area (Å²) in [4.78, 5) is 25.2. The summed E-state index contributed by atoms with van der Waals surface area (Å²) in [5.41, 5.74) is 2.43. The minimum absolute atomic E-state index is 0.0842. The molecule has 0 heterocycles. The van der Waals surface area contributed by atoms with E-state index in [-0.39, 0.29) is 6.07 Å². The van der Waals surface area contributed by atoms with Gasteiger partial charge in [0.2, 0.25) is 5.91 Å². The molecule has 34 heavy (non-hydrogen) atoms. The molecule has 3 aromatic carbocycles. The van der Waals surface area contributed by atoms with Crippen LogP contribution < -0.4 is 11.1 Å². The number of amides is 2. The molecular formula is C24H18F6N2O2. The van der Waals surface area contributed by atoms with Crippen molar-refractivity contribution >= 4 is 11.8 Å². The molecule has 178 valence electrons. The lowest BCUT2D eigenvalue weighted by atomic mass is 9.84. The molecule has 0 radical (unpaired) electrons. The molecule has 0 unspecified atom stereocenters. The highest BCUT2D eigenvalue weighted by Crippen LogP contribution is 2.36. The Balaban J connectivity index is 2.06. The monoisotopic (exact) mass is 480 g/mol. The third-order valence-electron chi connectivity index (χ3n) is 5.09. The van der Waals surface area contributed by atoms with Gasteiger partial charge >= 0.3 is 12.4 Å². The van der Waals surface area contributed by atoms with Crippen LogP contribution in [0.15, 0.2) is 78.9 Å². The second-order valence-electron chi connectivity index (χ2n) is 7.45. The lowest BCUT2D eigenvalue weighted by Gasteiger charge is -2.27. The van der Waals surface area contributed by atoms with Crippen molar-refractivity contribution in [3.8, 4) is 0 Å². The first kappa shape index (κ1) is 24.8. The van der Waals surface area contributed by atoms with Gasteiger partial charge in [0.05, 0.1) is 11.1 Å². The minimum Gasteiger partial charge on any atom is -0.368 e. The molecular weight excluding hydrogens is 462 g/mol. The SMILES string of the molecule is NC(=O)[C@H](NC(=O)c1cc(C(F)(F)F)cc(C(F)(F)F)c1)C(c1ccccc1)c1ccccc1. The van der Waals surface area contributed by atoms with Crippen LogP contribution in [0, 0.1) is 0 Å². The fourth-order valence-electron chi connectivity index (χ4n) is 3.53. The highest BCUT2D eigenvalue weighted by atomic mass is 19.4. The van der Waals surface area contributed by atoms with Gasteiger partial charge in [0.25, 0.3) is 5.91 Å². The number of primary amides is 1. The standard InChI is InChI=1S/C24H18F6N2O2/c25-23(26,27)17-11-16(12-18(13-17)24(28,29)30)22(34)32-20(21(31)33)19(14-7-3-1-4-8-14)15-9-5-2-6-10-15/h1-13,19-20H,(H2,31,33)(H,32,34)/t20-/m1/s1. The molecule has 0 saturated heterocycles. The second-order valence-corrected chi connectivity index (χ2v) is 7.45. The summed E-state index contributed by atoms with van der Waals surface area (Å²) in [5, 5.41) is 2.24. The molecule has 3 aromatic rings. The van der Waals surface area contributed by atoms with Gasteiger partial charge in [-0.05, 0) is 29.3 Å². The fraction of sp³-hybridized carbons (Fsp3) is 0.167. The number of benzene rings is 3. The van der Waals surface area contributed by atoms with Crippen molar-refractivity contribution in [1.82, 2.24) is 5.32 Å². The van der Waals surface area contributed by atoms with Crippen molar-refractivity contribution in [1.29, 1.82) is 0 Å². The Bertz CT molecular complexity index is 1090. The topological polar surface area (TPSA) is 72.2 Å². The number of alkyl halides is 6. The number of halogens is 6. The van der Waals surface area contributed by atoms with E-state index >= 15 is 0 Å². The van der Waals surface area contributed by atoms with Gasteiger partial charge in [-0.1, -0.05) is 60.7 Å². The third kappa shape index (κ3) is 5.75. The van der Waals surface area contributed by atoms with Gasteiger partial charge in [-0.2, -0.15) is 26.3 Å². The number of rotatable bonds is 6. The minimum atomic E-state index is -5.13. The van der Waals surface area contributed by atoms with E-state index in [0.717, 1.165) is 0 Å². The molecule has 4 nitrogen and oxygen atoms in total. The molecule has 0 aliphatic heterocycles. The molecule has 0 aliphatic carbocycles. The van der Waals surface area contributed by atoms with E-state index in [4.69, 9.17) is 5.73 Å². The number of nitrogens with two attached hydrogens (primary N) is 1. The summed E-state index contributed by atoms with van der Waals surface area (Å²) < 4.78 is 79.1. The molecule has 0 aromatic heterocycles. The number of hydrogen-bond donors (Lipinski definition) is 2. The number of carbonyl (C=O) groups excluding carboxylic acids is 2. The van der Waals surface area contributed by atoms with Gasteiger partial charge in [-0.25, -0.2) is 0 Å². The average molecular weight is 480 g/mol. The Morgan fingerprint density at radius 2 is 1.12 bits per heavy atom. The second kappa shape index (κ2) is 9.58. The Labute approximate surface area is 190 Å². The Morgan fingerprint density at radius 3 is 1.47 bits per heavy atom. The van der Waals surface area contributed by atoms with Crippen molar-refractivity contribution in [2.45, 2.75) is 24.3 Å². The third-order valence-corrected chi connectivity index (χ3v) is 5.09. The highest BCUT2D eigenvalue weighted by Gasteiger charge is 2.38. The van der Waals surface area contributed by atoms with Crippen LogP contribution in [0.4, 0.5) is 26.3 Å². The van der Waals surface area contributed by atoms with Crippen molar-refractivity contribution in [2.75, 3.05) is 0 Å². The van der Waals surface area contributed by atoms with E-state index in [1.54, 1.807) is 60.7 Å². The Kier molecular flexibility index (Phi) is 6.99. The normalized spacial score (nSPS) is 12.9. The summed E-state index contributed by atoms with van der Waals surface area (Å²) in [6.45, 7) is 0. The van der Waals surface area contributed by atoms with Crippen LogP contribution in [-0.2, 0) is 17.1 Å². The molecule has 0 spiro atoms. The fourth-order valence-corrected chi connectivity index (χ4v) is 3.53. The lowest BCUT2D eigenvalue weighted by molar-refractivity contribution is -0.143. The van der Waals surface area contributed by atoms with Crippen LogP contribution in [0.3, 0.4) is 0 Å². The maximum atomic E-state index is 13.2. The summed E-state index contributed by atoms with van der Waals surface area (Å²) in [5.74, 6) is -3.18. The molecule has 3 rings (SSSR count).